The third kappa shape index (κ3) is 4.76. The molecule has 4 rings (SSSR count). The van der Waals surface area contributed by atoms with Gasteiger partial charge in [0.2, 0.25) is 0 Å². The molecule has 2 aromatic carbocycles. The molecule has 0 saturated carbocycles. The van der Waals surface area contributed by atoms with Gasteiger partial charge in [0.1, 0.15) is 0 Å². The van der Waals surface area contributed by atoms with Crippen molar-refractivity contribution in [1.29, 1.82) is 0 Å². The molecule has 32 heavy (non-hydrogen) atoms. The molecule has 0 spiro atoms. The van der Waals surface area contributed by atoms with Crippen molar-refractivity contribution in [3.05, 3.63) is 82.5 Å². The summed E-state index contributed by atoms with van der Waals surface area (Å²) in [4.78, 5) is 30.6. The molecule has 0 unspecified atom stereocenters. The SMILES string of the molecule is COc1ccc(C=C2Sc3ccc(C(=O)NCc4cccnc4)cc3NC2=O)cc1OC. The van der Waals surface area contributed by atoms with Crippen molar-refractivity contribution in [1.82, 2.24) is 10.3 Å². The maximum atomic E-state index is 12.7. The van der Waals surface area contributed by atoms with E-state index in [1.54, 1.807) is 50.9 Å². The number of rotatable bonds is 6. The van der Waals surface area contributed by atoms with Crippen molar-refractivity contribution < 1.29 is 19.1 Å². The fourth-order valence-corrected chi connectivity index (χ4v) is 4.11. The normalized spacial score (nSPS) is 13.8. The molecule has 2 heterocycles. The van der Waals surface area contributed by atoms with Gasteiger partial charge in [-0.3, -0.25) is 14.6 Å². The van der Waals surface area contributed by atoms with Crippen LogP contribution < -0.4 is 20.1 Å². The molecule has 2 amide bonds. The number of nitrogens with one attached hydrogen (secondary N) is 2. The van der Waals surface area contributed by atoms with Gasteiger partial charge in [-0.1, -0.05) is 23.9 Å². The first-order chi connectivity index (χ1) is 15.6. The predicted molar refractivity (Wildman–Crippen MR) is 124 cm³/mol. The number of pyridine rings is 1. The predicted octanol–water partition coefficient (Wildman–Crippen LogP) is 4.11. The fraction of sp³-hybridized carbons (Fsp3) is 0.125. The van der Waals surface area contributed by atoms with Crippen LogP contribution in [0.15, 0.2) is 70.7 Å². The van der Waals surface area contributed by atoms with Crippen LogP contribution in [0.1, 0.15) is 21.5 Å². The molecule has 1 aliphatic heterocycles. The summed E-state index contributed by atoms with van der Waals surface area (Å²) in [6.07, 6.45) is 5.18. The molecule has 162 valence electrons. The molecule has 8 heteroatoms. The Labute approximate surface area is 189 Å². The van der Waals surface area contributed by atoms with Gasteiger partial charge in [0.25, 0.3) is 11.8 Å². The van der Waals surface area contributed by atoms with Crippen molar-refractivity contribution in [3.63, 3.8) is 0 Å². The van der Waals surface area contributed by atoms with Gasteiger partial charge in [0, 0.05) is 29.4 Å². The van der Waals surface area contributed by atoms with Crippen molar-refractivity contribution in [2.45, 2.75) is 11.4 Å². The summed E-state index contributed by atoms with van der Waals surface area (Å²) < 4.78 is 10.6. The highest BCUT2D eigenvalue weighted by Crippen LogP contribution is 2.40. The highest BCUT2D eigenvalue weighted by Gasteiger charge is 2.22. The van der Waals surface area contributed by atoms with Gasteiger partial charge in [-0.05, 0) is 53.6 Å². The second kappa shape index (κ2) is 9.57. The van der Waals surface area contributed by atoms with Gasteiger partial charge in [-0.15, -0.1) is 0 Å². The molecule has 2 N–H and O–H groups in total. The van der Waals surface area contributed by atoms with Crippen LogP contribution in [0.4, 0.5) is 5.69 Å². The quantitative estimate of drug-likeness (QED) is 0.553. The zero-order chi connectivity index (χ0) is 22.5. The Kier molecular flexibility index (Phi) is 6.42. The summed E-state index contributed by atoms with van der Waals surface area (Å²) in [5.74, 6) is 0.758. The number of ether oxygens (including phenoxy) is 2. The van der Waals surface area contributed by atoms with E-state index in [0.717, 1.165) is 16.0 Å². The summed E-state index contributed by atoms with van der Waals surface area (Å²) in [6.45, 7) is 0.378. The number of benzene rings is 2. The van der Waals surface area contributed by atoms with Crippen LogP contribution in [0.2, 0.25) is 0 Å². The van der Waals surface area contributed by atoms with Crippen LogP contribution in [-0.4, -0.2) is 31.0 Å². The van der Waals surface area contributed by atoms with E-state index in [9.17, 15) is 9.59 Å². The first-order valence-electron chi connectivity index (χ1n) is 9.81. The Balaban J connectivity index is 1.50. The third-order valence-electron chi connectivity index (χ3n) is 4.81. The molecule has 7 nitrogen and oxygen atoms in total. The van der Waals surface area contributed by atoms with Crippen molar-refractivity contribution in [2.75, 3.05) is 19.5 Å². The van der Waals surface area contributed by atoms with E-state index in [0.29, 0.717) is 34.2 Å². The number of methoxy groups -OCH3 is 2. The number of anilines is 1. The average Bonchev–Trinajstić information content (AvgIpc) is 2.83. The smallest absolute Gasteiger partial charge is 0.262 e. The highest BCUT2D eigenvalue weighted by molar-refractivity contribution is 8.04. The number of carbonyl (C=O) groups is 2. The first-order valence-corrected chi connectivity index (χ1v) is 10.6. The minimum atomic E-state index is -0.231. The largest absolute Gasteiger partial charge is 0.493 e. The Morgan fingerprint density at radius 3 is 2.72 bits per heavy atom. The molecule has 0 fully saturated rings. The summed E-state index contributed by atoms with van der Waals surface area (Å²) in [6, 6.07) is 14.4. The topological polar surface area (TPSA) is 89.5 Å². The van der Waals surface area contributed by atoms with E-state index in [4.69, 9.17) is 9.47 Å². The molecular weight excluding hydrogens is 426 g/mol. The van der Waals surface area contributed by atoms with Crippen molar-refractivity contribution >= 4 is 35.3 Å². The highest BCUT2D eigenvalue weighted by atomic mass is 32.2. The van der Waals surface area contributed by atoms with Crippen molar-refractivity contribution in [2.24, 2.45) is 0 Å². The zero-order valence-electron chi connectivity index (χ0n) is 17.5. The number of aromatic nitrogens is 1. The lowest BCUT2D eigenvalue weighted by atomic mass is 10.1. The van der Waals surface area contributed by atoms with Crippen LogP contribution >= 0.6 is 11.8 Å². The van der Waals surface area contributed by atoms with Crippen LogP contribution in [-0.2, 0) is 11.3 Å². The molecular formula is C24H21N3O4S. The minimum absolute atomic E-state index is 0.220. The number of carbonyl (C=O) groups excluding carboxylic acids is 2. The number of hydrogen-bond acceptors (Lipinski definition) is 6. The standard InChI is InChI=1S/C24H21N3O4S/c1-30-19-7-5-15(10-20(19)31-2)11-22-24(29)27-18-12-17(6-8-21(18)32-22)23(28)26-14-16-4-3-9-25-13-16/h3-13H,14H2,1-2H3,(H,26,28)(H,27,29). The van der Waals surface area contributed by atoms with Gasteiger partial charge in [-0.25, -0.2) is 0 Å². The Morgan fingerprint density at radius 2 is 1.97 bits per heavy atom. The van der Waals surface area contributed by atoms with Gasteiger partial charge < -0.3 is 20.1 Å². The first kappa shape index (κ1) is 21.5. The van der Waals surface area contributed by atoms with Crippen LogP contribution in [0.25, 0.3) is 6.08 Å². The minimum Gasteiger partial charge on any atom is -0.493 e. The maximum Gasteiger partial charge on any atom is 0.262 e. The maximum absolute atomic E-state index is 12.7. The van der Waals surface area contributed by atoms with Gasteiger partial charge in [-0.2, -0.15) is 0 Å². The second-order valence-corrected chi connectivity index (χ2v) is 8.02. The van der Waals surface area contributed by atoms with E-state index in [1.165, 1.54) is 11.8 Å². The van der Waals surface area contributed by atoms with Crippen LogP contribution in [0.5, 0.6) is 11.5 Å². The number of thioether (sulfide) groups is 1. The molecule has 1 aliphatic rings. The van der Waals surface area contributed by atoms with E-state index in [1.807, 2.05) is 30.3 Å². The Morgan fingerprint density at radius 1 is 1.12 bits per heavy atom. The molecule has 3 aromatic rings. The molecule has 0 bridgehead atoms. The lowest BCUT2D eigenvalue weighted by molar-refractivity contribution is -0.112. The lowest BCUT2D eigenvalue weighted by Crippen LogP contribution is -2.24. The number of amides is 2. The second-order valence-electron chi connectivity index (χ2n) is 6.93. The third-order valence-corrected chi connectivity index (χ3v) is 5.91. The van der Waals surface area contributed by atoms with Crippen molar-refractivity contribution in [3.8, 4) is 11.5 Å². The molecule has 1 aromatic heterocycles. The van der Waals surface area contributed by atoms with E-state index in [-0.39, 0.29) is 11.8 Å². The molecule has 0 atom stereocenters. The van der Waals surface area contributed by atoms with Crippen LogP contribution in [0.3, 0.4) is 0 Å². The van der Waals surface area contributed by atoms with E-state index >= 15 is 0 Å². The van der Waals surface area contributed by atoms with Gasteiger partial charge >= 0.3 is 0 Å². The summed E-state index contributed by atoms with van der Waals surface area (Å²) >= 11 is 1.35. The summed E-state index contributed by atoms with van der Waals surface area (Å²) in [5, 5.41) is 5.74. The van der Waals surface area contributed by atoms with E-state index < -0.39 is 0 Å². The summed E-state index contributed by atoms with van der Waals surface area (Å²) in [7, 11) is 3.14. The lowest BCUT2D eigenvalue weighted by Gasteiger charge is -2.19. The number of fused-ring (bicyclic) bond motifs is 1. The summed E-state index contributed by atoms with van der Waals surface area (Å²) in [5.41, 5.74) is 2.81. The Hall–Kier alpha value is -3.78. The Bertz CT molecular complexity index is 1200. The van der Waals surface area contributed by atoms with E-state index in [2.05, 4.69) is 15.6 Å². The molecule has 0 aliphatic carbocycles. The number of nitrogens with zero attached hydrogens (tertiary/aromatic N) is 1. The average molecular weight is 448 g/mol. The zero-order valence-corrected chi connectivity index (χ0v) is 18.4. The van der Waals surface area contributed by atoms with Crippen LogP contribution in [0, 0.1) is 0 Å². The molecule has 0 radical (unpaired) electrons. The number of hydrogen-bond donors (Lipinski definition) is 2. The molecule has 0 saturated heterocycles. The van der Waals surface area contributed by atoms with Gasteiger partial charge in [0.15, 0.2) is 11.5 Å². The fourth-order valence-electron chi connectivity index (χ4n) is 3.18. The monoisotopic (exact) mass is 447 g/mol. The van der Waals surface area contributed by atoms with Gasteiger partial charge in [0.05, 0.1) is 24.8 Å².